The fourth-order valence-electron chi connectivity index (χ4n) is 3.13. The number of hydrogen-bond acceptors (Lipinski definition) is 5. The first kappa shape index (κ1) is 24.9. The quantitative estimate of drug-likeness (QED) is 0.260. The number of halogens is 3. The van der Waals surface area contributed by atoms with Gasteiger partial charge in [-0.1, -0.05) is 22.9 Å². The van der Waals surface area contributed by atoms with Crippen molar-refractivity contribution < 1.29 is 9.47 Å². The van der Waals surface area contributed by atoms with Crippen molar-refractivity contribution in [1.82, 2.24) is 9.66 Å². The van der Waals surface area contributed by atoms with E-state index >= 15 is 0 Å². The molecule has 6 nitrogen and oxygen atoms in total. The second kappa shape index (κ2) is 10.9. The molecule has 0 aliphatic rings. The summed E-state index contributed by atoms with van der Waals surface area (Å²) in [4.78, 5) is 17.9. The van der Waals surface area contributed by atoms with E-state index in [4.69, 9.17) is 9.47 Å². The van der Waals surface area contributed by atoms with Crippen molar-refractivity contribution in [3.8, 4) is 11.5 Å². The van der Waals surface area contributed by atoms with Crippen LogP contribution in [0.5, 0.6) is 11.5 Å². The molecule has 3 rings (SSSR count). The Bertz CT molecular complexity index is 1220. The molecule has 170 valence electrons. The molecule has 0 N–H and O–H groups in total. The number of nitrogens with zero attached hydrogens (tertiary/aromatic N) is 3. The molecule has 0 amide bonds. The molecule has 2 aromatic carbocycles. The first-order valence-corrected chi connectivity index (χ1v) is 12.7. The van der Waals surface area contributed by atoms with Crippen LogP contribution in [0.15, 0.2) is 47.6 Å². The molecule has 1 heterocycles. The summed E-state index contributed by atoms with van der Waals surface area (Å²) in [7, 11) is 0. The molecule has 0 saturated carbocycles. The molecule has 0 atom stereocenters. The van der Waals surface area contributed by atoms with Crippen LogP contribution in [0.2, 0.25) is 0 Å². The summed E-state index contributed by atoms with van der Waals surface area (Å²) in [5, 5.41) is 5.03. The van der Waals surface area contributed by atoms with Gasteiger partial charge in [-0.25, -0.2) is 4.98 Å². The van der Waals surface area contributed by atoms with Crippen LogP contribution in [0.3, 0.4) is 0 Å². The number of rotatable bonds is 8. The van der Waals surface area contributed by atoms with E-state index in [0.29, 0.717) is 41.3 Å². The van der Waals surface area contributed by atoms with E-state index in [1.54, 1.807) is 12.3 Å². The van der Waals surface area contributed by atoms with E-state index in [1.807, 2.05) is 45.9 Å². The van der Waals surface area contributed by atoms with Gasteiger partial charge in [-0.3, -0.25) is 4.79 Å². The van der Waals surface area contributed by atoms with Gasteiger partial charge in [-0.2, -0.15) is 9.78 Å². The van der Waals surface area contributed by atoms with Gasteiger partial charge in [0.15, 0.2) is 11.5 Å². The third kappa shape index (κ3) is 5.43. The molecule has 9 heteroatoms. The first-order chi connectivity index (χ1) is 15.3. The summed E-state index contributed by atoms with van der Waals surface area (Å²) < 4.78 is 15.4. The lowest BCUT2D eigenvalue weighted by Gasteiger charge is -2.18. The Morgan fingerprint density at radius 3 is 2.56 bits per heavy atom. The van der Waals surface area contributed by atoms with Gasteiger partial charge >= 0.3 is 0 Å². The van der Waals surface area contributed by atoms with Crippen LogP contribution in [0.4, 0.5) is 0 Å². The molecule has 1 aromatic heterocycles. The Morgan fingerprint density at radius 2 is 1.91 bits per heavy atom. The van der Waals surface area contributed by atoms with Crippen molar-refractivity contribution in [1.29, 1.82) is 0 Å². The van der Waals surface area contributed by atoms with Crippen molar-refractivity contribution in [2.45, 2.75) is 46.6 Å². The van der Waals surface area contributed by atoms with Crippen LogP contribution in [-0.2, 0) is 6.42 Å². The molecular formula is C23H24Br3N3O3. The summed E-state index contributed by atoms with van der Waals surface area (Å²) in [6, 6.07) is 7.33. The summed E-state index contributed by atoms with van der Waals surface area (Å²) in [6.07, 6.45) is 3.09. The molecule has 0 spiro atoms. The fourth-order valence-corrected chi connectivity index (χ4v) is 4.40. The largest absolute Gasteiger partial charge is 0.490 e. The van der Waals surface area contributed by atoms with Crippen molar-refractivity contribution in [2.75, 3.05) is 6.61 Å². The van der Waals surface area contributed by atoms with Gasteiger partial charge in [-0.15, -0.1) is 0 Å². The zero-order valence-corrected chi connectivity index (χ0v) is 23.0. The molecule has 0 aliphatic carbocycles. The Hall–Kier alpha value is -1.71. The summed E-state index contributed by atoms with van der Waals surface area (Å²) >= 11 is 10.6. The Balaban J connectivity index is 2.15. The van der Waals surface area contributed by atoms with E-state index in [1.165, 1.54) is 4.68 Å². The maximum Gasteiger partial charge on any atom is 0.282 e. The van der Waals surface area contributed by atoms with Gasteiger partial charge in [0.25, 0.3) is 5.56 Å². The highest BCUT2D eigenvalue weighted by atomic mass is 79.9. The highest BCUT2D eigenvalue weighted by Gasteiger charge is 2.18. The van der Waals surface area contributed by atoms with Crippen molar-refractivity contribution in [3.63, 3.8) is 0 Å². The van der Waals surface area contributed by atoms with Crippen LogP contribution in [0.1, 0.15) is 45.5 Å². The van der Waals surface area contributed by atoms with E-state index in [-0.39, 0.29) is 11.7 Å². The summed E-state index contributed by atoms with van der Waals surface area (Å²) in [5.74, 6) is 1.83. The predicted octanol–water partition coefficient (Wildman–Crippen LogP) is 6.70. The van der Waals surface area contributed by atoms with Crippen LogP contribution >= 0.6 is 47.8 Å². The highest BCUT2D eigenvalue weighted by Crippen LogP contribution is 2.43. The van der Waals surface area contributed by atoms with Gasteiger partial charge in [0, 0.05) is 20.9 Å². The highest BCUT2D eigenvalue weighted by molar-refractivity contribution is 9.13. The Kier molecular flexibility index (Phi) is 8.52. The van der Waals surface area contributed by atoms with Crippen molar-refractivity contribution >= 4 is 64.9 Å². The minimum absolute atomic E-state index is 0.0184. The number of aromatic nitrogens is 2. The third-order valence-corrected chi connectivity index (χ3v) is 7.11. The fraction of sp³-hybridized carbons (Fsp3) is 0.348. The minimum Gasteiger partial charge on any atom is -0.490 e. The zero-order chi connectivity index (χ0) is 23.4. The molecule has 0 radical (unpaired) electrons. The molecule has 0 saturated heterocycles. The van der Waals surface area contributed by atoms with E-state index < -0.39 is 0 Å². The van der Waals surface area contributed by atoms with Crippen LogP contribution in [0, 0.1) is 0 Å². The van der Waals surface area contributed by atoms with Gasteiger partial charge < -0.3 is 9.47 Å². The van der Waals surface area contributed by atoms with Crippen LogP contribution in [0.25, 0.3) is 10.9 Å². The normalized spacial score (nSPS) is 11.6. The Morgan fingerprint density at radius 1 is 1.16 bits per heavy atom. The van der Waals surface area contributed by atoms with E-state index in [0.717, 1.165) is 25.4 Å². The number of aryl methyl sites for hydroxylation is 1. The average Bonchev–Trinajstić information content (AvgIpc) is 2.74. The maximum atomic E-state index is 13.2. The molecule has 32 heavy (non-hydrogen) atoms. The molecule has 0 bridgehead atoms. The van der Waals surface area contributed by atoms with E-state index in [9.17, 15) is 4.79 Å². The summed E-state index contributed by atoms with van der Waals surface area (Å²) in [5.41, 5.74) is 1.18. The molecular weight excluding hydrogens is 606 g/mol. The van der Waals surface area contributed by atoms with Crippen molar-refractivity contribution in [2.24, 2.45) is 5.10 Å². The van der Waals surface area contributed by atoms with Gasteiger partial charge in [-0.05, 0) is 83.3 Å². The van der Waals surface area contributed by atoms with Gasteiger partial charge in [0.1, 0.15) is 5.82 Å². The van der Waals surface area contributed by atoms with Crippen LogP contribution < -0.4 is 15.0 Å². The lowest BCUT2D eigenvalue weighted by atomic mass is 10.2. The number of ether oxygens (including phenoxy) is 2. The molecule has 3 aromatic rings. The maximum absolute atomic E-state index is 13.2. The van der Waals surface area contributed by atoms with Gasteiger partial charge in [0.05, 0.1) is 34.3 Å². The smallest absolute Gasteiger partial charge is 0.282 e. The number of benzene rings is 2. The topological polar surface area (TPSA) is 65.7 Å². The standard InChI is InChI=1S/C23H24Br3N3O3/c1-5-7-19-28-17-9-8-15(24)11-16(17)23(30)29(19)27-12-14-10-18(31-6-2)22(32-13(3)4)21(26)20(14)25/h8-13H,5-7H2,1-4H3. The monoisotopic (exact) mass is 627 g/mol. The van der Waals surface area contributed by atoms with Gasteiger partial charge in [0.2, 0.25) is 0 Å². The molecule has 0 unspecified atom stereocenters. The third-order valence-electron chi connectivity index (χ3n) is 4.47. The lowest BCUT2D eigenvalue weighted by molar-refractivity contribution is 0.222. The minimum atomic E-state index is -0.212. The lowest BCUT2D eigenvalue weighted by Crippen LogP contribution is -2.22. The zero-order valence-electron chi connectivity index (χ0n) is 18.3. The predicted molar refractivity (Wildman–Crippen MR) is 139 cm³/mol. The first-order valence-electron chi connectivity index (χ1n) is 10.3. The van der Waals surface area contributed by atoms with Crippen molar-refractivity contribution in [3.05, 3.63) is 59.4 Å². The van der Waals surface area contributed by atoms with E-state index in [2.05, 4.69) is 57.9 Å². The second-order valence-electron chi connectivity index (χ2n) is 7.32. The molecule has 0 fully saturated rings. The number of fused-ring (bicyclic) bond motifs is 1. The SMILES string of the molecule is CCCc1nc2ccc(Br)cc2c(=O)n1N=Cc1cc(OCC)c(OC(C)C)c(Br)c1Br. The second-order valence-corrected chi connectivity index (χ2v) is 9.82. The summed E-state index contributed by atoms with van der Waals surface area (Å²) in [6.45, 7) is 8.36. The Labute approximate surface area is 212 Å². The average molecular weight is 630 g/mol. The van der Waals surface area contributed by atoms with Crippen LogP contribution in [-0.4, -0.2) is 28.6 Å². The molecule has 0 aliphatic heterocycles. The number of hydrogen-bond donors (Lipinski definition) is 0.